The van der Waals surface area contributed by atoms with Crippen LogP contribution in [0.1, 0.15) is 25.7 Å². The highest BCUT2D eigenvalue weighted by atomic mass is 19.1. The van der Waals surface area contributed by atoms with Crippen molar-refractivity contribution >= 4 is 22.5 Å². The summed E-state index contributed by atoms with van der Waals surface area (Å²) in [7, 11) is 1.44. The molecule has 0 bridgehead atoms. The molecule has 6 nitrogen and oxygen atoms in total. The molecular formula is C20H24FN3O3. The van der Waals surface area contributed by atoms with Crippen molar-refractivity contribution in [3.8, 4) is 5.75 Å². The molecule has 1 amide bonds. The van der Waals surface area contributed by atoms with E-state index in [1.165, 1.54) is 13.2 Å². The van der Waals surface area contributed by atoms with E-state index >= 15 is 0 Å². The van der Waals surface area contributed by atoms with Crippen LogP contribution in [-0.4, -0.2) is 48.3 Å². The van der Waals surface area contributed by atoms with Gasteiger partial charge in [0, 0.05) is 42.5 Å². The summed E-state index contributed by atoms with van der Waals surface area (Å²) < 4.78 is 19.1. The fraction of sp³-hybridized carbons (Fsp3) is 0.500. The lowest BCUT2D eigenvalue weighted by Gasteiger charge is -2.35. The molecule has 1 saturated carbocycles. The summed E-state index contributed by atoms with van der Waals surface area (Å²) in [5, 5.41) is 14.1. The number of fused-ring (bicyclic) bond motifs is 1. The van der Waals surface area contributed by atoms with Crippen LogP contribution in [0, 0.1) is 11.7 Å². The second-order valence-corrected chi connectivity index (χ2v) is 7.39. The number of carbonyl (C=O) groups is 1. The predicted octanol–water partition coefficient (Wildman–Crippen LogP) is 2.24. The molecule has 7 heteroatoms. The fourth-order valence-electron chi connectivity index (χ4n) is 3.75. The van der Waals surface area contributed by atoms with Gasteiger partial charge in [-0.2, -0.15) is 0 Å². The number of anilines is 1. The molecule has 1 saturated heterocycles. The Bertz CT molecular complexity index is 848. The highest BCUT2D eigenvalue weighted by Gasteiger charge is 2.33. The van der Waals surface area contributed by atoms with Gasteiger partial charge >= 0.3 is 0 Å². The molecule has 1 atom stereocenters. The number of aliphatic hydroxyl groups excluding tert-OH is 1. The van der Waals surface area contributed by atoms with Crippen molar-refractivity contribution in [3.63, 3.8) is 0 Å². The van der Waals surface area contributed by atoms with Gasteiger partial charge in [-0.05, 0) is 43.7 Å². The van der Waals surface area contributed by atoms with Crippen molar-refractivity contribution < 1.29 is 19.0 Å². The van der Waals surface area contributed by atoms with E-state index in [1.807, 2.05) is 6.07 Å². The molecule has 2 aliphatic rings. The largest absolute Gasteiger partial charge is 0.494 e. The summed E-state index contributed by atoms with van der Waals surface area (Å²) >= 11 is 0. The number of halogens is 1. The van der Waals surface area contributed by atoms with Crippen LogP contribution in [0.3, 0.4) is 0 Å². The van der Waals surface area contributed by atoms with Crippen molar-refractivity contribution in [2.45, 2.75) is 37.8 Å². The van der Waals surface area contributed by atoms with Crippen molar-refractivity contribution in [2.24, 2.45) is 5.92 Å². The molecule has 1 aromatic carbocycles. The number of ether oxygens (including phenoxy) is 1. The molecule has 1 unspecified atom stereocenters. The quantitative estimate of drug-likeness (QED) is 0.841. The number of pyridine rings is 1. The van der Waals surface area contributed by atoms with Gasteiger partial charge in [0.15, 0.2) is 11.6 Å². The average molecular weight is 373 g/mol. The summed E-state index contributed by atoms with van der Waals surface area (Å²) in [6.07, 6.45) is 4.19. The molecule has 2 heterocycles. The maximum atomic E-state index is 14.0. The number of hydrogen-bond donors (Lipinski definition) is 2. The van der Waals surface area contributed by atoms with Gasteiger partial charge < -0.3 is 20.1 Å². The molecule has 4 rings (SSSR count). The van der Waals surface area contributed by atoms with Gasteiger partial charge in [0.05, 0.1) is 12.6 Å². The number of amides is 1. The second kappa shape index (κ2) is 7.31. The topological polar surface area (TPSA) is 74.7 Å². The first-order chi connectivity index (χ1) is 13.1. The van der Waals surface area contributed by atoms with E-state index in [9.17, 15) is 14.3 Å². The predicted molar refractivity (Wildman–Crippen MR) is 100 cm³/mol. The molecule has 2 fully saturated rings. The van der Waals surface area contributed by atoms with Gasteiger partial charge in [0.1, 0.15) is 6.10 Å². The van der Waals surface area contributed by atoms with Gasteiger partial charge in [0.2, 0.25) is 5.91 Å². The lowest BCUT2D eigenvalue weighted by atomic mass is 9.90. The second-order valence-electron chi connectivity index (χ2n) is 7.39. The van der Waals surface area contributed by atoms with Crippen LogP contribution in [0.5, 0.6) is 5.75 Å². The van der Waals surface area contributed by atoms with E-state index in [2.05, 4.69) is 15.2 Å². The Morgan fingerprint density at radius 2 is 2.07 bits per heavy atom. The summed E-state index contributed by atoms with van der Waals surface area (Å²) in [4.78, 5) is 18.5. The van der Waals surface area contributed by atoms with E-state index in [4.69, 9.17) is 4.74 Å². The Labute approximate surface area is 157 Å². The zero-order chi connectivity index (χ0) is 19.0. The zero-order valence-corrected chi connectivity index (χ0v) is 15.3. The van der Waals surface area contributed by atoms with Crippen LogP contribution in [0.4, 0.5) is 10.1 Å². The number of benzene rings is 1. The van der Waals surface area contributed by atoms with Crippen molar-refractivity contribution in [3.05, 3.63) is 30.2 Å². The number of hydrogen-bond acceptors (Lipinski definition) is 5. The summed E-state index contributed by atoms with van der Waals surface area (Å²) in [6, 6.07) is 5.23. The lowest BCUT2D eigenvalue weighted by molar-refractivity contribution is -0.132. The van der Waals surface area contributed by atoms with Crippen LogP contribution in [0.15, 0.2) is 24.4 Å². The number of aromatic nitrogens is 1. The van der Waals surface area contributed by atoms with Crippen LogP contribution < -0.4 is 15.0 Å². The van der Waals surface area contributed by atoms with E-state index in [1.54, 1.807) is 12.3 Å². The maximum absolute atomic E-state index is 14.0. The number of carbonyl (C=O) groups excluding carboxylic acids is 1. The monoisotopic (exact) mass is 373 g/mol. The Kier molecular flexibility index (Phi) is 4.86. The number of nitrogens with one attached hydrogen (secondary N) is 1. The van der Waals surface area contributed by atoms with E-state index < -0.39 is 11.9 Å². The third-order valence-corrected chi connectivity index (χ3v) is 5.51. The van der Waals surface area contributed by atoms with Gasteiger partial charge in [0.25, 0.3) is 0 Å². The Balaban J connectivity index is 1.48. The van der Waals surface area contributed by atoms with Crippen LogP contribution >= 0.6 is 0 Å². The van der Waals surface area contributed by atoms with Crippen LogP contribution in [-0.2, 0) is 4.79 Å². The van der Waals surface area contributed by atoms with Gasteiger partial charge in [-0.1, -0.05) is 0 Å². The number of rotatable bonds is 5. The minimum atomic E-state index is -0.948. The first-order valence-electron chi connectivity index (χ1n) is 9.42. The molecule has 0 spiro atoms. The molecule has 144 valence electrons. The molecule has 1 aliphatic carbocycles. The molecular weight excluding hydrogens is 349 g/mol. The van der Waals surface area contributed by atoms with E-state index in [0.29, 0.717) is 5.52 Å². The highest BCUT2D eigenvalue weighted by Crippen LogP contribution is 2.33. The third-order valence-electron chi connectivity index (χ3n) is 5.51. The summed E-state index contributed by atoms with van der Waals surface area (Å²) in [6.45, 7) is 1.44. The molecule has 27 heavy (non-hydrogen) atoms. The standard InChI is InChI=1S/C20H24FN3O3/c1-27-18-10-14-16(11-15(18)21)22-7-4-17(14)24-8-5-12(6-9-24)19(25)20(26)23-13-2-3-13/h4,7,10-13,19,25H,2-3,5-6,8-9H2,1H3,(H,23,26). The molecule has 2 N–H and O–H groups in total. The van der Waals surface area contributed by atoms with Crippen LogP contribution in [0.2, 0.25) is 0 Å². The Morgan fingerprint density at radius 1 is 1.33 bits per heavy atom. The van der Waals surface area contributed by atoms with Crippen molar-refractivity contribution in [2.75, 3.05) is 25.1 Å². The van der Waals surface area contributed by atoms with E-state index in [-0.39, 0.29) is 23.6 Å². The lowest BCUT2D eigenvalue weighted by Crippen LogP contribution is -2.45. The normalized spacial score (nSPS) is 19.1. The SMILES string of the molecule is COc1cc2c(N3CCC(C(O)C(=O)NC4CC4)CC3)ccnc2cc1F. The molecule has 1 aromatic heterocycles. The highest BCUT2D eigenvalue weighted by molar-refractivity contribution is 5.92. The van der Waals surface area contributed by atoms with Gasteiger partial charge in [-0.3, -0.25) is 9.78 Å². The summed E-state index contributed by atoms with van der Waals surface area (Å²) in [5.74, 6) is -0.525. The number of nitrogens with zero attached hydrogens (tertiary/aromatic N) is 2. The summed E-state index contributed by atoms with van der Waals surface area (Å²) in [5.41, 5.74) is 1.55. The van der Waals surface area contributed by atoms with Crippen LogP contribution in [0.25, 0.3) is 10.9 Å². The van der Waals surface area contributed by atoms with Gasteiger partial charge in [-0.25, -0.2) is 4.39 Å². The molecule has 1 aliphatic heterocycles. The first kappa shape index (κ1) is 18.0. The molecule has 2 aromatic rings. The van der Waals surface area contributed by atoms with Crippen molar-refractivity contribution in [1.29, 1.82) is 0 Å². The smallest absolute Gasteiger partial charge is 0.249 e. The Hall–Kier alpha value is -2.41. The van der Waals surface area contributed by atoms with Crippen molar-refractivity contribution in [1.82, 2.24) is 10.3 Å². The molecule has 0 radical (unpaired) electrons. The fourth-order valence-corrected chi connectivity index (χ4v) is 3.75. The Morgan fingerprint density at radius 3 is 2.74 bits per heavy atom. The number of aliphatic hydroxyl groups is 1. The maximum Gasteiger partial charge on any atom is 0.249 e. The number of methoxy groups -OCH3 is 1. The van der Waals surface area contributed by atoms with E-state index in [0.717, 1.165) is 49.8 Å². The van der Waals surface area contributed by atoms with Gasteiger partial charge in [-0.15, -0.1) is 0 Å². The minimum absolute atomic E-state index is 0.0416. The third kappa shape index (κ3) is 3.69. The average Bonchev–Trinajstić information content (AvgIpc) is 3.50. The zero-order valence-electron chi connectivity index (χ0n) is 15.3. The first-order valence-corrected chi connectivity index (χ1v) is 9.42. The number of piperidine rings is 1. The minimum Gasteiger partial charge on any atom is -0.494 e.